The van der Waals surface area contributed by atoms with E-state index in [1.807, 2.05) is 28.8 Å². The molecule has 2 atom stereocenters. The van der Waals surface area contributed by atoms with Gasteiger partial charge in [-0.2, -0.15) is 0 Å². The lowest BCUT2D eigenvalue weighted by Gasteiger charge is -2.11. The summed E-state index contributed by atoms with van der Waals surface area (Å²) in [5.74, 6) is 1.61. The van der Waals surface area contributed by atoms with Gasteiger partial charge in [-0.15, -0.1) is 11.6 Å². The van der Waals surface area contributed by atoms with E-state index in [0.29, 0.717) is 23.2 Å². The molecule has 1 aliphatic carbocycles. The first-order chi connectivity index (χ1) is 9.26. The number of hydrogen-bond acceptors (Lipinski definition) is 2. The van der Waals surface area contributed by atoms with Crippen LogP contribution in [0.3, 0.4) is 0 Å². The summed E-state index contributed by atoms with van der Waals surface area (Å²) < 4.78 is 1.83. The SMILES string of the molecule is CCCC1CC1n1c(CCl)nc2ccccc2c1=O. The van der Waals surface area contributed by atoms with E-state index in [4.69, 9.17) is 11.6 Å². The van der Waals surface area contributed by atoms with Crippen LogP contribution < -0.4 is 5.56 Å². The molecule has 1 saturated carbocycles. The van der Waals surface area contributed by atoms with Gasteiger partial charge in [-0.1, -0.05) is 25.5 Å². The average molecular weight is 277 g/mol. The van der Waals surface area contributed by atoms with Gasteiger partial charge >= 0.3 is 0 Å². The minimum absolute atomic E-state index is 0.0600. The highest BCUT2D eigenvalue weighted by atomic mass is 35.5. The quantitative estimate of drug-likeness (QED) is 0.801. The van der Waals surface area contributed by atoms with Crippen LogP contribution in [-0.2, 0) is 5.88 Å². The Kier molecular flexibility index (Phi) is 3.31. The third kappa shape index (κ3) is 2.16. The monoisotopic (exact) mass is 276 g/mol. The van der Waals surface area contributed by atoms with Crippen LogP contribution in [0, 0.1) is 5.92 Å². The molecule has 1 fully saturated rings. The molecule has 0 spiro atoms. The molecule has 0 aliphatic heterocycles. The molecule has 0 bridgehead atoms. The van der Waals surface area contributed by atoms with Crippen LogP contribution in [0.2, 0.25) is 0 Å². The Bertz CT molecular complexity index is 665. The second kappa shape index (κ2) is 4.97. The van der Waals surface area contributed by atoms with Crippen molar-refractivity contribution >= 4 is 22.5 Å². The predicted octanol–water partition coefficient (Wildman–Crippen LogP) is 3.50. The number of nitrogens with zero attached hydrogens (tertiary/aromatic N) is 2. The number of halogens is 1. The minimum atomic E-state index is 0.0600. The van der Waals surface area contributed by atoms with E-state index in [2.05, 4.69) is 11.9 Å². The molecule has 2 unspecified atom stereocenters. The van der Waals surface area contributed by atoms with Crippen molar-refractivity contribution in [2.24, 2.45) is 5.92 Å². The van der Waals surface area contributed by atoms with Crippen LogP contribution in [-0.4, -0.2) is 9.55 Å². The Balaban J connectivity index is 2.13. The van der Waals surface area contributed by atoms with Crippen molar-refractivity contribution in [3.63, 3.8) is 0 Å². The number of aromatic nitrogens is 2. The van der Waals surface area contributed by atoms with E-state index in [-0.39, 0.29) is 11.4 Å². The van der Waals surface area contributed by atoms with Gasteiger partial charge in [0, 0.05) is 6.04 Å². The van der Waals surface area contributed by atoms with Crippen LogP contribution in [0.5, 0.6) is 0 Å². The molecule has 1 heterocycles. The highest BCUT2D eigenvalue weighted by Gasteiger charge is 2.39. The summed E-state index contributed by atoms with van der Waals surface area (Å²) in [4.78, 5) is 17.1. The third-order valence-corrected chi connectivity index (χ3v) is 4.12. The first kappa shape index (κ1) is 12.7. The molecule has 0 N–H and O–H groups in total. The van der Waals surface area contributed by atoms with Gasteiger partial charge in [0.2, 0.25) is 0 Å². The van der Waals surface area contributed by atoms with E-state index < -0.39 is 0 Å². The summed E-state index contributed by atoms with van der Waals surface area (Å²) in [6.07, 6.45) is 3.41. The molecular weight excluding hydrogens is 260 g/mol. The largest absolute Gasteiger partial charge is 0.292 e. The van der Waals surface area contributed by atoms with Gasteiger partial charge in [-0.3, -0.25) is 9.36 Å². The molecule has 0 radical (unpaired) electrons. The molecule has 1 aromatic carbocycles. The molecule has 3 rings (SSSR count). The lowest BCUT2D eigenvalue weighted by atomic mass is 10.2. The van der Waals surface area contributed by atoms with Crippen LogP contribution >= 0.6 is 11.6 Å². The van der Waals surface area contributed by atoms with Crippen molar-refractivity contribution in [3.05, 3.63) is 40.4 Å². The second-order valence-electron chi connectivity index (χ2n) is 5.21. The number of rotatable bonds is 4. The van der Waals surface area contributed by atoms with Crippen molar-refractivity contribution in [2.45, 2.75) is 38.1 Å². The van der Waals surface area contributed by atoms with E-state index in [0.717, 1.165) is 18.4 Å². The number of fused-ring (bicyclic) bond motifs is 1. The maximum atomic E-state index is 12.6. The summed E-state index contributed by atoms with van der Waals surface area (Å²) in [6, 6.07) is 7.79. The molecule has 3 nitrogen and oxygen atoms in total. The van der Waals surface area contributed by atoms with Gasteiger partial charge in [0.05, 0.1) is 16.8 Å². The van der Waals surface area contributed by atoms with Crippen molar-refractivity contribution in [2.75, 3.05) is 0 Å². The number of benzene rings is 1. The average Bonchev–Trinajstić information content (AvgIpc) is 3.18. The minimum Gasteiger partial charge on any atom is -0.292 e. The number of hydrogen-bond donors (Lipinski definition) is 0. The van der Waals surface area contributed by atoms with Gasteiger partial charge in [0.25, 0.3) is 5.56 Å². The van der Waals surface area contributed by atoms with Gasteiger partial charge in [-0.25, -0.2) is 4.98 Å². The lowest BCUT2D eigenvalue weighted by Crippen LogP contribution is -2.24. The maximum absolute atomic E-state index is 12.6. The smallest absolute Gasteiger partial charge is 0.261 e. The second-order valence-corrected chi connectivity index (χ2v) is 5.47. The fourth-order valence-electron chi connectivity index (χ4n) is 2.86. The van der Waals surface area contributed by atoms with Crippen molar-refractivity contribution in [1.82, 2.24) is 9.55 Å². The van der Waals surface area contributed by atoms with E-state index in [1.165, 1.54) is 6.42 Å². The molecule has 19 heavy (non-hydrogen) atoms. The van der Waals surface area contributed by atoms with Crippen molar-refractivity contribution in [1.29, 1.82) is 0 Å². The number of para-hydroxylation sites is 1. The van der Waals surface area contributed by atoms with Gasteiger partial charge in [0.15, 0.2) is 0 Å². The van der Waals surface area contributed by atoms with Gasteiger partial charge in [-0.05, 0) is 30.9 Å². The normalized spacial score (nSPS) is 21.8. The third-order valence-electron chi connectivity index (χ3n) is 3.88. The summed E-state index contributed by atoms with van der Waals surface area (Å²) in [6.45, 7) is 2.18. The van der Waals surface area contributed by atoms with Gasteiger partial charge in [0.1, 0.15) is 5.82 Å². The topological polar surface area (TPSA) is 34.9 Å². The maximum Gasteiger partial charge on any atom is 0.261 e. The van der Waals surface area contributed by atoms with E-state index in [1.54, 1.807) is 0 Å². The van der Waals surface area contributed by atoms with Crippen molar-refractivity contribution < 1.29 is 0 Å². The Labute approximate surface area is 117 Å². The molecule has 4 heteroatoms. The Morgan fingerprint density at radius 3 is 2.95 bits per heavy atom. The summed E-state index contributed by atoms with van der Waals surface area (Å²) in [7, 11) is 0. The Hall–Kier alpha value is -1.35. The first-order valence-corrected chi connectivity index (χ1v) is 7.35. The van der Waals surface area contributed by atoms with E-state index >= 15 is 0 Å². The van der Waals surface area contributed by atoms with Crippen LogP contribution in [0.1, 0.15) is 38.1 Å². The Morgan fingerprint density at radius 1 is 1.42 bits per heavy atom. The molecule has 1 aromatic heterocycles. The standard InChI is InChI=1S/C15H17ClN2O/c1-2-5-10-8-13(10)18-14(9-16)17-12-7-4-3-6-11(12)15(18)19/h3-4,6-7,10,13H,2,5,8-9H2,1H3. The van der Waals surface area contributed by atoms with Crippen LogP contribution in [0.4, 0.5) is 0 Å². The summed E-state index contributed by atoms with van der Waals surface area (Å²) >= 11 is 5.98. The Morgan fingerprint density at radius 2 is 2.21 bits per heavy atom. The molecule has 1 aliphatic rings. The molecule has 0 amide bonds. The first-order valence-electron chi connectivity index (χ1n) is 6.82. The molecule has 2 aromatic rings. The zero-order valence-corrected chi connectivity index (χ0v) is 11.7. The van der Waals surface area contributed by atoms with E-state index in [9.17, 15) is 4.79 Å². The zero-order chi connectivity index (χ0) is 13.4. The predicted molar refractivity (Wildman–Crippen MR) is 77.6 cm³/mol. The highest BCUT2D eigenvalue weighted by molar-refractivity contribution is 6.16. The molecule has 100 valence electrons. The van der Waals surface area contributed by atoms with Crippen LogP contribution in [0.15, 0.2) is 29.1 Å². The summed E-state index contributed by atoms with van der Waals surface area (Å²) in [5, 5.41) is 0.693. The molecule has 0 saturated heterocycles. The fourth-order valence-corrected chi connectivity index (χ4v) is 3.05. The summed E-state index contributed by atoms with van der Waals surface area (Å²) in [5.41, 5.74) is 0.803. The fraction of sp³-hybridized carbons (Fsp3) is 0.467. The van der Waals surface area contributed by atoms with Gasteiger partial charge < -0.3 is 0 Å². The zero-order valence-electron chi connectivity index (χ0n) is 11.0. The highest BCUT2D eigenvalue weighted by Crippen LogP contribution is 2.46. The van der Waals surface area contributed by atoms with Crippen LogP contribution in [0.25, 0.3) is 10.9 Å². The van der Waals surface area contributed by atoms with Crippen molar-refractivity contribution in [3.8, 4) is 0 Å². The lowest BCUT2D eigenvalue weighted by molar-refractivity contribution is 0.575. The number of alkyl halides is 1. The molecular formula is C15H17ClN2O.